The second-order valence-corrected chi connectivity index (χ2v) is 7.67. The van der Waals surface area contributed by atoms with E-state index in [1.165, 1.54) is 5.48 Å². The molecule has 2 N–H and O–H groups in total. The summed E-state index contributed by atoms with van der Waals surface area (Å²) in [7, 11) is -3.61. The largest absolute Gasteiger partial charge is 0.299 e. The number of nitrogens with zero attached hydrogens (tertiary/aromatic N) is 2. The third-order valence-electron chi connectivity index (χ3n) is 4.02. The summed E-state index contributed by atoms with van der Waals surface area (Å²) in [5.41, 5.74) is 2.54. The Labute approximate surface area is 123 Å². The van der Waals surface area contributed by atoms with Crippen LogP contribution in [0.1, 0.15) is 18.4 Å². The van der Waals surface area contributed by atoms with E-state index < -0.39 is 20.5 Å². The van der Waals surface area contributed by atoms with Gasteiger partial charge in [0.25, 0.3) is 5.91 Å². The van der Waals surface area contributed by atoms with Gasteiger partial charge in [0.05, 0.1) is 0 Å². The van der Waals surface area contributed by atoms with E-state index in [0.717, 1.165) is 11.8 Å². The molecular weight excluding hydrogens is 294 g/mol. The lowest BCUT2D eigenvalue weighted by Crippen LogP contribution is -2.57. The molecule has 1 aliphatic heterocycles. The molecule has 21 heavy (non-hydrogen) atoms. The monoisotopic (exact) mass is 313 g/mol. The minimum Gasteiger partial charge on any atom is -0.299 e. The van der Waals surface area contributed by atoms with Gasteiger partial charge in [-0.25, -0.2) is 13.9 Å². The van der Waals surface area contributed by atoms with E-state index in [9.17, 15) is 13.2 Å². The van der Waals surface area contributed by atoms with Crippen LogP contribution < -0.4 is 5.48 Å². The van der Waals surface area contributed by atoms with E-state index in [0.29, 0.717) is 19.6 Å². The summed E-state index contributed by atoms with van der Waals surface area (Å²) in [4.78, 5) is 17.9. The molecule has 1 fully saturated rings. The summed E-state index contributed by atoms with van der Waals surface area (Å²) >= 11 is 0. The van der Waals surface area contributed by atoms with Crippen molar-refractivity contribution in [3.63, 3.8) is 0 Å². The number of hydrogen-bond acceptors (Lipinski definition) is 6. The van der Waals surface area contributed by atoms with Crippen LogP contribution in [0.2, 0.25) is 0 Å². The van der Waals surface area contributed by atoms with Crippen molar-refractivity contribution < 1.29 is 18.4 Å². The Balaban J connectivity index is 2.08. The van der Waals surface area contributed by atoms with E-state index in [1.54, 1.807) is 12.4 Å². The minimum atomic E-state index is -3.61. The standard InChI is InChI=1S/C13H19N3O4S/c1-21(19,20)13(12(17)15-18)4-7-16(8-5-13)10-11-3-2-6-14-9-11/h2-3,6,9,18H,4-5,7-8,10H2,1H3,(H,15,17). The molecule has 1 aromatic rings. The first-order valence-corrected chi connectivity index (χ1v) is 8.53. The van der Waals surface area contributed by atoms with Gasteiger partial charge in [-0.15, -0.1) is 0 Å². The predicted molar refractivity (Wildman–Crippen MR) is 76.3 cm³/mol. The Hall–Kier alpha value is -1.51. The quantitative estimate of drug-likeness (QED) is 0.598. The van der Waals surface area contributed by atoms with Crippen LogP contribution in [0.25, 0.3) is 0 Å². The molecule has 7 nitrogen and oxygen atoms in total. The van der Waals surface area contributed by atoms with E-state index in [1.807, 2.05) is 12.1 Å². The van der Waals surface area contributed by atoms with Gasteiger partial charge >= 0.3 is 0 Å². The van der Waals surface area contributed by atoms with Crippen LogP contribution in [0.5, 0.6) is 0 Å². The molecule has 0 aliphatic carbocycles. The van der Waals surface area contributed by atoms with Gasteiger partial charge in [0.1, 0.15) is 0 Å². The molecule has 1 amide bonds. The molecular formula is C13H19N3O4S. The second-order valence-electron chi connectivity index (χ2n) is 5.34. The van der Waals surface area contributed by atoms with Crippen molar-refractivity contribution in [1.82, 2.24) is 15.4 Å². The molecule has 0 unspecified atom stereocenters. The Morgan fingerprint density at radius 1 is 1.48 bits per heavy atom. The second kappa shape index (κ2) is 6.08. The van der Waals surface area contributed by atoms with Gasteiger partial charge in [-0.3, -0.25) is 19.9 Å². The Morgan fingerprint density at radius 2 is 2.14 bits per heavy atom. The summed E-state index contributed by atoms with van der Waals surface area (Å²) in [5, 5.41) is 8.83. The third-order valence-corrected chi connectivity index (χ3v) is 6.03. The molecule has 0 saturated carbocycles. The maximum Gasteiger partial charge on any atom is 0.264 e. The SMILES string of the molecule is CS(=O)(=O)C1(C(=O)NO)CCN(Cc2cccnc2)CC1. The van der Waals surface area contributed by atoms with Crippen molar-refractivity contribution in [3.8, 4) is 0 Å². The van der Waals surface area contributed by atoms with Crippen LogP contribution in [-0.2, 0) is 21.2 Å². The van der Waals surface area contributed by atoms with Gasteiger partial charge in [0.15, 0.2) is 14.6 Å². The van der Waals surface area contributed by atoms with Gasteiger partial charge in [0.2, 0.25) is 0 Å². The number of likely N-dealkylation sites (tertiary alicyclic amines) is 1. The molecule has 0 radical (unpaired) electrons. The lowest BCUT2D eigenvalue weighted by molar-refractivity contribution is -0.133. The number of carbonyl (C=O) groups excluding carboxylic acids is 1. The normalized spacial score (nSPS) is 19.1. The van der Waals surface area contributed by atoms with Crippen LogP contribution in [-0.4, -0.2) is 53.5 Å². The van der Waals surface area contributed by atoms with Crippen LogP contribution in [0.3, 0.4) is 0 Å². The Kier molecular flexibility index (Phi) is 4.60. The first-order chi connectivity index (χ1) is 9.89. The average Bonchev–Trinajstić information content (AvgIpc) is 2.47. The molecule has 0 spiro atoms. The zero-order chi connectivity index (χ0) is 15.5. The van der Waals surface area contributed by atoms with Crippen LogP contribution in [0.15, 0.2) is 24.5 Å². The predicted octanol–water partition coefficient (Wildman–Crippen LogP) is -0.0338. The third kappa shape index (κ3) is 3.22. The number of rotatable bonds is 4. The molecule has 0 atom stereocenters. The molecule has 0 aromatic carbocycles. The van der Waals surface area contributed by atoms with Crippen LogP contribution >= 0.6 is 0 Å². The van der Waals surface area contributed by atoms with E-state index in [2.05, 4.69) is 9.88 Å². The van der Waals surface area contributed by atoms with Crippen molar-refractivity contribution in [2.45, 2.75) is 24.1 Å². The number of carbonyl (C=O) groups is 1. The summed E-state index contributed by atoms with van der Waals surface area (Å²) in [6.07, 6.45) is 4.83. The van der Waals surface area contributed by atoms with Crippen molar-refractivity contribution >= 4 is 15.7 Å². The number of sulfone groups is 1. The zero-order valence-electron chi connectivity index (χ0n) is 11.8. The van der Waals surface area contributed by atoms with Gasteiger partial charge in [-0.2, -0.15) is 0 Å². The van der Waals surface area contributed by atoms with E-state index in [4.69, 9.17) is 5.21 Å². The first-order valence-electron chi connectivity index (χ1n) is 6.64. The smallest absolute Gasteiger partial charge is 0.264 e. The topological polar surface area (TPSA) is 99.6 Å². The molecule has 1 saturated heterocycles. The molecule has 2 rings (SSSR count). The number of amides is 1. The van der Waals surface area contributed by atoms with Gasteiger partial charge in [0, 0.05) is 38.3 Å². The fraction of sp³-hybridized carbons (Fsp3) is 0.538. The van der Waals surface area contributed by atoms with Crippen molar-refractivity contribution in [2.75, 3.05) is 19.3 Å². The average molecular weight is 313 g/mol. The van der Waals surface area contributed by atoms with Gasteiger partial charge in [-0.1, -0.05) is 6.07 Å². The number of hydroxylamine groups is 1. The maximum atomic E-state index is 12.0. The summed E-state index contributed by atoms with van der Waals surface area (Å²) in [5.74, 6) is -0.842. The molecule has 2 heterocycles. The van der Waals surface area contributed by atoms with Gasteiger partial charge in [-0.05, 0) is 24.5 Å². The highest BCUT2D eigenvalue weighted by Gasteiger charge is 2.49. The lowest BCUT2D eigenvalue weighted by atomic mass is 9.94. The van der Waals surface area contributed by atoms with Crippen molar-refractivity contribution in [1.29, 1.82) is 0 Å². The number of nitrogens with one attached hydrogen (secondary N) is 1. The summed E-state index contributed by atoms with van der Waals surface area (Å²) < 4.78 is 22.4. The Morgan fingerprint density at radius 3 is 2.62 bits per heavy atom. The fourth-order valence-corrected chi connectivity index (χ4v) is 4.00. The first kappa shape index (κ1) is 15.9. The Bertz CT molecular complexity index is 595. The zero-order valence-corrected chi connectivity index (χ0v) is 12.6. The minimum absolute atomic E-state index is 0.165. The van der Waals surface area contributed by atoms with E-state index in [-0.39, 0.29) is 12.8 Å². The molecule has 1 aromatic heterocycles. The molecule has 8 heteroatoms. The van der Waals surface area contributed by atoms with E-state index >= 15 is 0 Å². The number of pyridine rings is 1. The lowest BCUT2D eigenvalue weighted by Gasteiger charge is -2.38. The van der Waals surface area contributed by atoms with Crippen LogP contribution in [0.4, 0.5) is 0 Å². The highest BCUT2D eigenvalue weighted by Crippen LogP contribution is 2.31. The highest BCUT2D eigenvalue weighted by atomic mass is 32.2. The number of hydrogen-bond donors (Lipinski definition) is 2. The fourth-order valence-electron chi connectivity index (χ4n) is 2.69. The van der Waals surface area contributed by atoms with Crippen molar-refractivity contribution in [2.24, 2.45) is 0 Å². The highest BCUT2D eigenvalue weighted by molar-refractivity contribution is 7.92. The molecule has 116 valence electrons. The summed E-state index contributed by atoms with van der Waals surface area (Å²) in [6, 6.07) is 3.80. The maximum absolute atomic E-state index is 12.0. The summed E-state index contributed by atoms with van der Waals surface area (Å²) in [6.45, 7) is 1.60. The number of piperidine rings is 1. The van der Waals surface area contributed by atoms with Crippen LogP contribution in [0, 0.1) is 0 Å². The number of aromatic nitrogens is 1. The molecule has 0 bridgehead atoms. The van der Waals surface area contributed by atoms with Gasteiger partial charge < -0.3 is 0 Å². The van der Waals surface area contributed by atoms with Crippen molar-refractivity contribution in [3.05, 3.63) is 30.1 Å². The molecule has 1 aliphatic rings.